The molecule has 1 radical (unpaired) electrons. The first kappa shape index (κ1) is 6.55. The summed E-state index contributed by atoms with van der Waals surface area (Å²) in [6, 6.07) is 9.69. The van der Waals surface area contributed by atoms with E-state index < -0.39 is 0 Å². The standard InChI is InChI=1S/C9H7O2/c10-6-8-9(11-8)7-4-2-1-3-5-7/h1-5,8-9H. The fourth-order valence-corrected chi connectivity index (χ4v) is 1.10. The van der Waals surface area contributed by atoms with Gasteiger partial charge in [0, 0.05) is 0 Å². The Morgan fingerprint density at radius 1 is 1.27 bits per heavy atom. The van der Waals surface area contributed by atoms with E-state index in [-0.39, 0.29) is 12.2 Å². The average Bonchev–Trinajstić information content (AvgIpc) is 2.85. The summed E-state index contributed by atoms with van der Waals surface area (Å²) in [5.41, 5.74) is 1.06. The molecule has 11 heavy (non-hydrogen) atoms. The lowest BCUT2D eigenvalue weighted by Gasteiger charge is -1.90. The number of hydrogen-bond acceptors (Lipinski definition) is 2. The van der Waals surface area contributed by atoms with Crippen LogP contribution in [-0.2, 0) is 9.53 Å². The van der Waals surface area contributed by atoms with Crippen molar-refractivity contribution in [2.24, 2.45) is 0 Å². The van der Waals surface area contributed by atoms with Gasteiger partial charge in [0.25, 0.3) is 0 Å². The van der Waals surface area contributed by atoms with Crippen molar-refractivity contribution in [3.8, 4) is 0 Å². The maximum Gasteiger partial charge on any atom is 0.233 e. The summed E-state index contributed by atoms with van der Waals surface area (Å²) >= 11 is 0. The second kappa shape index (κ2) is 2.47. The molecule has 2 nitrogen and oxygen atoms in total. The maximum atomic E-state index is 10.1. The van der Waals surface area contributed by atoms with Crippen LogP contribution in [0.15, 0.2) is 30.3 Å². The van der Waals surface area contributed by atoms with Gasteiger partial charge in [0.05, 0.1) is 0 Å². The van der Waals surface area contributed by atoms with Crippen LogP contribution in [0.4, 0.5) is 0 Å². The van der Waals surface area contributed by atoms with Gasteiger partial charge in [-0.25, -0.2) is 0 Å². The molecule has 1 heterocycles. The second-order valence-corrected chi connectivity index (χ2v) is 2.51. The minimum atomic E-state index is -0.322. The summed E-state index contributed by atoms with van der Waals surface area (Å²) in [6.45, 7) is 0. The molecule has 1 aliphatic heterocycles. The minimum absolute atomic E-state index is 0.0336. The summed E-state index contributed by atoms with van der Waals surface area (Å²) < 4.78 is 5.03. The fraction of sp³-hybridized carbons (Fsp3) is 0.222. The van der Waals surface area contributed by atoms with Crippen LogP contribution in [0.5, 0.6) is 0 Å². The molecule has 2 unspecified atom stereocenters. The van der Waals surface area contributed by atoms with Gasteiger partial charge in [0.1, 0.15) is 6.10 Å². The number of epoxide rings is 1. The predicted octanol–water partition coefficient (Wildman–Crippen LogP) is 1.24. The molecule has 1 aromatic carbocycles. The molecule has 2 atom stereocenters. The first-order chi connectivity index (χ1) is 5.42. The molecule has 1 fully saturated rings. The van der Waals surface area contributed by atoms with Crippen molar-refractivity contribution in [1.29, 1.82) is 0 Å². The number of benzene rings is 1. The molecule has 0 amide bonds. The first-order valence-corrected chi connectivity index (χ1v) is 3.50. The van der Waals surface area contributed by atoms with E-state index in [1.54, 1.807) is 0 Å². The quantitative estimate of drug-likeness (QED) is 0.589. The van der Waals surface area contributed by atoms with E-state index in [1.165, 1.54) is 0 Å². The van der Waals surface area contributed by atoms with E-state index in [0.29, 0.717) is 0 Å². The molecule has 2 heteroatoms. The van der Waals surface area contributed by atoms with Crippen LogP contribution in [0, 0.1) is 0 Å². The highest BCUT2D eigenvalue weighted by molar-refractivity contribution is 5.62. The van der Waals surface area contributed by atoms with Gasteiger partial charge >= 0.3 is 0 Å². The predicted molar refractivity (Wildman–Crippen MR) is 39.7 cm³/mol. The molecule has 0 saturated carbocycles. The largest absolute Gasteiger partial charge is 0.356 e. The van der Waals surface area contributed by atoms with Crippen molar-refractivity contribution in [3.63, 3.8) is 0 Å². The van der Waals surface area contributed by atoms with Crippen molar-refractivity contribution in [3.05, 3.63) is 35.9 Å². The van der Waals surface area contributed by atoms with Crippen LogP contribution in [0.1, 0.15) is 11.7 Å². The zero-order chi connectivity index (χ0) is 7.68. The Kier molecular flexibility index (Phi) is 1.47. The summed E-state index contributed by atoms with van der Waals surface area (Å²) in [5, 5.41) is 0. The molecule has 1 aromatic rings. The highest BCUT2D eigenvalue weighted by Gasteiger charge is 2.40. The third kappa shape index (κ3) is 1.17. The van der Waals surface area contributed by atoms with Crippen LogP contribution in [0.25, 0.3) is 0 Å². The highest BCUT2D eigenvalue weighted by Crippen LogP contribution is 2.36. The Labute approximate surface area is 64.8 Å². The average molecular weight is 147 g/mol. The molecule has 0 N–H and O–H groups in total. The van der Waals surface area contributed by atoms with Gasteiger partial charge in [0.2, 0.25) is 6.29 Å². The number of carbonyl (C=O) groups excluding carboxylic acids is 1. The van der Waals surface area contributed by atoms with Gasteiger partial charge in [-0.1, -0.05) is 30.3 Å². The molecule has 0 spiro atoms. The lowest BCUT2D eigenvalue weighted by molar-refractivity contribution is 0.393. The van der Waals surface area contributed by atoms with E-state index in [4.69, 9.17) is 4.74 Å². The third-order valence-corrected chi connectivity index (χ3v) is 1.74. The van der Waals surface area contributed by atoms with Crippen LogP contribution >= 0.6 is 0 Å². The van der Waals surface area contributed by atoms with Crippen LogP contribution in [0.2, 0.25) is 0 Å². The fourth-order valence-electron chi connectivity index (χ4n) is 1.10. The van der Waals surface area contributed by atoms with Crippen LogP contribution in [0.3, 0.4) is 0 Å². The third-order valence-electron chi connectivity index (χ3n) is 1.74. The lowest BCUT2D eigenvalue weighted by Crippen LogP contribution is -1.87. The van der Waals surface area contributed by atoms with Crippen molar-refractivity contribution < 1.29 is 9.53 Å². The molecule has 2 rings (SSSR count). The van der Waals surface area contributed by atoms with Gasteiger partial charge in [-0.2, -0.15) is 0 Å². The molecule has 0 aliphatic carbocycles. The number of hydrogen-bond donors (Lipinski definition) is 0. The Morgan fingerprint density at radius 3 is 2.55 bits per heavy atom. The normalized spacial score (nSPS) is 28.0. The van der Waals surface area contributed by atoms with Crippen molar-refractivity contribution in [2.45, 2.75) is 12.2 Å². The summed E-state index contributed by atoms with van der Waals surface area (Å²) in [4.78, 5) is 10.1. The van der Waals surface area contributed by atoms with E-state index in [0.717, 1.165) is 5.56 Å². The Morgan fingerprint density at radius 2 is 2.00 bits per heavy atom. The molecule has 0 bridgehead atoms. The number of ether oxygens (including phenoxy) is 1. The minimum Gasteiger partial charge on any atom is -0.356 e. The van der Waals surface area contributed by atoms with Crippen molar-refractivity contribution in [2.75, 3.05) is 0 Å². The van der Waals surface area contributed by atoms with Crippen LogP contribution in [-0.4, -0.2) is 12.4 Å². The topological polar surface area (TPSA) is 29.6 Å². The Hall–Kier alpha value is -1.15. The van der Waals surface area contributed by atoms with Gasteiger partial charge in [-0.15, -0.1) is 0 Å². The highest BCUT2D eigenvalue weighted by atomic mass is 16.6. The molecule has 1 aliphatic rings. The van der Waals surface area contributed by atoms with Crippen molar-refractivity contribution in [1.82, 2.24) is 0 Å². The second-order valence-electron chi connectivity index (χ2n) is 2.51. The molecular formula is C9H7O2. The van der Waals surface area contributed by atoms with E-state index in [1.807, 2.05) is 36.6 Å². The molecule has 1 saturated heterocycles. The van der Waals surface area contributed by atoms with E-state index in [9.17, 15) is 4.79 Å². The van der Waals surface area contributed by atoms with Gasteiger partial charge in [0.15, 0.2) is 6.10 Å². The number of rotatable bonds is 2. The van der Waals surface area contributed by atoms with Gasteiger partial charge in [-0.3, -0.25) is 4.79 Å². The smallest absolute Gasteiger partial charge is 0.233 e. The van der Waals surface area contributed by atoms with E-state index in [2.05, 4.69) is 0 Å². The SMILES string of the molecule is O=[C]C1OC1c1ccccc1. The maximum absolute atomic E-state index is 10.1. The summed E-state index contributed by atoms with van der Waals surface area (Å²) in [7, 11) is 0. The Bertz CT molecular complexity index is 256. The van der Waals surface area contributed by atoms with Crippen molar-refractivity contribution >= 4 is 6.29 Å². The zero-order valence-electron chi connectivity index (χ0n) is 5.86. The Balaban J connectivity index is 2.14. The molecule has 55 valence electrons. The van der Waals surface area contributed by atoms with Crippen LogP contribution < -0.4 is 0 Å². The van der Waals surface area contributed by atoms with E-state index >= 15 is 0 Å². The van der Waals surface area contributed by atoms with Gasteiger partial charge in [-0.05, 0) is 5.56 Å². The molecule has 0 aromatic heterocycles. The lowest BCUT2D eigenvalue weighted by atomic mass is 10.1. The monoisotopic (exact) mass is 147 g/mol. The molecular weight excluding hydrogens is 140 g/mol. The zero-order valence-corrected chi connectivity index (χ0v) is 5.86. The van der Waals surface area contributed by atoms with Gasteiger partial charge < -0.3 is 4.74 Å². The first-order valence-electron chi connectivity index (χ1n) is 3.50. The summed E-state index contributed by atoms with van der Waals surface area (Å²) in [6.07, 6.45) is 1.46. The summed E-state index contributed by atoms with van der Waals surface area (Å²) in [5.74, 6) is 0.